The van der Waals surface area contributed by atoms with Gasteiger partial charge in [0.25, 0.3) is 5.91 Å². The van der Waals surface area contributed by atoms with Crippen molar-refractivity contribution in [1.29, 1.82) is 0 Å². The van der Waals surface area contributed by atoms with Gasteiger partial charge in [-0.05, 0) is 44.2 Å². The summed E-state index contributed by atoms with van der Waals surface area (Å²) in [6.45, 7) is 2.00. The zero-order valence-corrected chi connectivity index (χ0v) is 16.9. The molecule has 6 nitrogen and oxygen atoms in total. The van der Waals surface area contributed by atoms with E-state index in [0.29, 0.717) is 5.01 Å². The van der Waals surface area contributed by atoms with Crippen LogP contribution in [0.1, 0.15) is 51.7 Å². The van der Waals surface area contributed by atoms with Crippen molar-refractivity contribution in [3.8, 4) is 11.3 Å². The number of benzene rings is 1. The molecule has 1 amide bonds. The summed E-state index contributed by atoms with van der Waals surface area (Å²) in [5.41, 5.74) is 4.90. The normalized spacial score (nSPS) is 14.5. The van der Waals surface area contributed by atoms with Crippen molar-refractivity contribution in [3.63, 3.8) is 0 Å². The van der Waals surface area contributed by atoms with E-state index >= 15 is 0 Å². The molecule has 0 fully saturated rings. The summed E-state index contributed by atoms with van der Waals surface area (Å²) in [4.78, 5) is 30.3. The van der Waals surface area contributed by atoms with Gasteiger partial charge in [-0.25, -0.2) is 15.0 Å². The molecule has 0 aliphatic heterocycles. The second-order valence-corrected chi connectivity index (χ2v) is 8.46. The van der Waals surface area contributed by atoms with E-state index < -0.39 is 0 Å². The van der Waals surface area contributed by atoms with Crippen LogP contribution < -0.4 is 5.32 Å². The Kier molecular flexibility index (Phi) is 4.60. The molecule has 29 heavy (non-hydrogen) atoms. The first kappa shape index (κ1) is 18.0. The molecule has 1 aliphatic rings. The van der Waals surface area contributed by atoms with Gasteiger partial charge < -0.3 is 10.3 Å². The molecule has 0 saturated carbocycles. The Morgan fingerprint density at radius 1 is 1.14 bits per heavy atom. The summed E-state index contributed by atoms with van der Waals surface area (Å²) >= 11 is 1.54. The molecule has 0 spiro atoms. The van der Waals surface area contributed by atoms with Gasteiger partial charge in [0, 0.05) is 22.0 Å². The van der Waals surface area contributed by atoms with Gasteiger partial charge in [-0.2, -0.15) is 0 Å². The van der Waals surface area contributed by atoms with E-state index in [0.717, 1.165) is 46.4 Å². The van der Waals surface area contributed by atoms with E-state index in [1.54, 1.807) is 17.7 Å². The monoisotopic (exact) mass is 403 g/mol. The first-order valence-corrected chi connectivity index (χ1v) is 10.7. The topological polar surface area (TPSA) is 83.6 Å². The molecule has 2 N–H and O–H groups in total. The summed E-state index contributed by atoms with van der Waals surface area (Å²) in [6, 6.07) is 10.0. The number of carbonyl (C=O) groups is 1. The summed E-state index contributed by atoms with van der Waals surface area (Å²) in [5, 5.41) is 4.66. The second kappa shape index (κ2) is 7.40. The molecular formula is C22H21N5OS. The molecule has 4 aromatic rings. The number of hydrogen-bond acceptors (Lipinski definition) is 5. The molecule has 146 valence electrons. The third kappa shape index (κ3) is 3.42. The zero-order chi connectivity index (χ0) is 19.8. The molecule has 1 aliphatic carbocycles. The number of H-pyrrole nitrogens is 1. The first-order chi connectivity index (χ1) is 14.2. The van der Waals surface area contributed by atoms with E-state index in [-0.39, 0.29) is 11.9 Å². The van der Waals surface area contributed by atoms with Crippen LogP contribution in [-0.2, 0) is 12.8 Å². The van der Waals surface area contributed by atoms with Crippen molar-refractivity contribution in [3.05, 3.63) is 64.0 Å². The Bertz CT molecular complexity index is 1150. The van der Waals surface area contributed by atoms with Gasteiger partial charge in [0.1, 0.15) is 12.0 Å². The van der Waals surface area contributed by atoms with Gasteiger partial charge in [0.05, 0.1) is 17.4 Å². The molecule has 0 saturated heterocycles. The lowest BCUT2D eigenvalue weighted by Gasteiger charge is -2.14. The third-order valence-electron chi connectivity index (χ3n) is 5.43. The maximum absolute atomic E-state index is 12.7. The van der Waals surface area contributed by atoms with E-state index in [1.165, 1.54) is 17.7 Å². The molecule has 1 atom stereocenters. The van der Waals surface area contributed by atoms with Gasteiger partial charge in [0.15, 0.2) is 5.01 Å². The van der Waals surface area contributed by atoms with Gasteiger partial charge in [0.2, 0.25) is 0 Å². The van der Waals surface area contributed by atoms with Gasteiger partial charge in [-0.1, -0.05) is 24.3 Å². The van der Waals surface area contributed by atoms with Crippen LogP contribution >= 0.6 is 11.3 Å². The van der Waals surface area contributed by atoms with Crippen LogP contribution in [0.4, 0.5) is 0 Å². The highest BCUT2D eigenvalue weighted by Crippen LogP contribution is 2.28. The fourth-order valence-electron chi connectivity index (χ4n) is 3.82. The highest BCUT2D eigenvalue weighted by molar-refractivity contribution is 7.13. The summed E-state index contributed by atoms with van der Waals surface area (Å²) < 4.78 is 0. The van der Waals surface area contributed by atoms with Gasteiger partial charge in [-0.15, -0.1) is 11.3 Å². The molecule has 3 heterocycles. The van der Waals surface area contributed by atoms with Gasteiger partial charge in [-0.3, -0.25) is 4.79 Å². The van der Waals surface area contributed by atoms with E-state index in [1.807, 2.05) is 43.5 Å². The minimum Gasteiger partial charge on any atom is -0.346 e. The minimum atomic E-state index is -0.102. The highest BCUT2D eigenvalue weighted by Gasteiger charge is 2.20. The molecular weight excluding hydrogens is 382 g/mol. The van der Waals surface area contributed by atoms with Crippen LogP contribution in [0.25, 0.3) is 22.3 Å². The van der Waals surface area contributed by atoms with Crippen LogP contribution in [0.2, 0.25) is 0 Å². The van der Waals surface area contributed by atoms with Crippen LogP contribution in [0.3, 0.4) is 0 Å². The number of hydrogen-bond donors (Lipinski definition) is 2. The average molecular weight is 404 g/mol. The van der Waals surface area contributed by atoms with Crippen molar-refractivity contribution < 1.29 is 4.79 Å². The maximum atomic E-state index is 12.7. The van der Waals surface area contributed by atoms with E-state index in [4.69, 9.17) is 0 Å². The third-order valence-corrected chi connectivity index (χ3v) is 6.58. The highest BCUT2D eigenvalue weighted by atomic mass is 32.1. The van der Waals surface area contributed by atoms with Crippen LogP contribution in [0.5, 0.6) is 0 Å². The van der Waals surface area contributed by atoms with Crippen molar-refractivity contribution >= 4 is 28.3 Å². The number of nitrogens with zero attached hydrogens (tertiary/aromatic N) is 3. The number of amides is 1. The van der Waals surface area contributed by atoms with E-state index in [9.17, 15) is 4.79 Å². The van der Waals surface area contributed by atoms with Crippen LogP contribution in [0.15, 0.2) is 42.9 Å². The Morgan fingerprint density at radius 3 is 2.79 bits per heavy atom. The van der Waals surface area contributed by atoms with Crippen LogP contribution in [-0.4, -0.2) is 25.8 Å². The fourth-order valence-corrected chi connectivity index (χ4v) is 4.88. The zero-order valence-electron chi connectivity index (χ0n) is 16.1. The Morgan fingerprint density at radius 2 is 1.97 bits per heavy atom. The molecule has 7 heteroatoms. The molecule has 3 aromatic heterocycles. The smallest absolute Gasteiger partial charge is 0.280 e. The lowest BCUT2D eigenvalue weighted by atomic mass is 10.0. The van der Waals surface area contributed by atoms with Gasteiger partial charge >= 0.3 is 0 Å². The predicted molar refractivity (Wildman–Crippen MR) is 114 cm³/mol. The lowest BCUT2D eigenvalue weighted by molar-refractivity contribution is 0.0939. The number of nitrogens with one attached hydrogen (secondary N) is 2. The van der Waals surface area contributed by atoms with Crippen molar-refractivity contribution in [1.82, 2.24) is 25.3 Å². The molecule has 0 radical (unpaired) electrons. The summed E-state index contributed by atoms with van der Waals surface area (Å²) in [6.07, 6.45) is 7.84. The Labute approximate surface area is 172 Å². The van der Waals surface area contributed by atoms with Crippen molar-refractivity contribution in [2.24, 2.45) is 0 Å². The van der Waals surface area contributed by atoms with Crippen molar-refractivity contribution in [2.75, 3.05) is 0 Å². The number of fused-ring (bicyclic) bond motifs is 2. The number of thiazole rings is 1. The average Bonchev–Trinajstić information content (AvgIpc) is 3.40. The number of carbonyl (C=O) groups excluding carboxylic acids is 1. The molecule has 1 aromatic carbocycles. The van der Waals surface area contributed by atoms with Crippen molar-refractivity contribution in [2.45, 2.75) is 38.6 Å². The van der Waals surface area contributed by atoms with E-state index in [2.05, 4.69) is 25.3 Å². The largest absolute Gasteiger partial charge is 0.346 e. The number of aromatic nitrogens is 4. The molecule has 0 bridgehead atoms. The van der Waals surface area contributed by atoms with Crippen LogP contribution in [0, 0.1) is 0 Å². The Hall–Kier alpha value is -3.06. The molecule has 1 unspecified atom stereocenters. The minimum absolute atomic E-state index is 0.0918. The fraction of sp³-hybridized carbons (Fsp3) is 0.273. The maximum Gasteiger partial charge on any atom is 0.280 e. The number of aryl methyl sites for hydroxylation is 2. The second-order valence-electron chi connectivity index (χ2n) is 7.38. The standard InChI is InChI=1S/C22H21N5OS/c1-13(26-21(28)22-27-17-4-2-3-5-18(17)29-22)14-6-8-15(9-7-14)19-16-10-11-23-20(16)25-12-24-19/h6-13H,2-5H2,1H3,(H,26,28)(H,23,24,25). The number of rotatable bonds is 4. The quantitative estimate of drug-likeness (QED) is 0.527. The lowest BCUT2D eigenvalue weighted by Crippen LogP contribution is -2.26. The SMILES string of the molecule is CC(NC(=O)c1nc2c(s1)CCCC2)c1ccc(-c2ncnc3[nH]ccc23)cc1. The summed E-state index contributed by atoms with van der Waals surface area (Å²) in [5.74, 6) is -0.0918. The number of aromatic amines is 1. The Balaban J connectivity index is 1.32. The summed E-state index contributed by atoms with van der Waals surface area (Å²) in [7, 11) is 0. The molecule has 5 rings (SSSR count). The first-order valence-electron chi connectivity index (χ1n) is 9.87. The predicted octanol–water partition coefficient (Wildman–Crippen LogP) is 4.45.